The van der Waals surface area contributed by atoms with Gasteiger partial charge in [0, 0.05) is 20.7 Å². The Bertz CT molecular complexity index is 1200. The van der Waals surface area contributed by atoms with E-state index < -0.39 is 17.8 Å². The third-order valence-corrected chi connectivity index (χ3v) is 4.92. The van der Waals surface area contributed by atoms with Crippen LogP contribution in [0.15, 0.2) is 76.3 Å². The maximum Gasteiger partial charge on any atom is 0.343 e. The molecular weight excluding hydrogens is 514 g/mol. The lowest BCUT2D eigenvalue weighted by atomic mass is 10.2. The highest BCUT2D eigenvalue weighted by molar-refractivity contribution is 9.10. The summed E-state index contributed by atoms with van der Waals surface area (Å²) < 4.78 is 11.2. The Morgan fingerprint density at radius 1 is 0.970 bits per heavy atom. The quantitative estimate of drug-likeness (QED) is 0.161. The number of anilines is 1. The van der Waals surface area contributed by atoms with Gasteiger partial charge in [0.25, 0.3) is 0 Å². The summed E-state index contributed by atoms with van der Waals surface area (Å²) in [4.78, 5) is 36.5. The van der Waals surface area contributed by atoms with Gasteiger partial charge in [-0.25, -0.2) is 10.2 Å². The Kier molecular flexibility index (Phi) is 8.17. The first-order chi connectivity index (χ1) is 15.9. The second kappa shape index (κ2) is 11.3. The number of hydrogen-bond acceptors (Lipinski definition) is 6. The summed E-state index contributed by atoms with van der Waals surface area (Å²) in [6.45, 7) is 0. The molecule has 0 unspecified atom stereocenters. The zero-order valence-corrected chi connectivity index (χ0v) is 19.5. The van der Waals surface area contributed by atoms with Crippen molar-refractivity contribution >= 4 is 57.2 Å². The van der Waals surface area contributed by atoms with Gasteiger partial charge in [0.1, 0.15) is 11.5 Å². The fourth-order valence-electron chi connectivity index (χ4n) is 2.53. The van der Waals surface area contributed by atoms with Crippen LogP contribution in [0.3, 0.4) is 0 Å². The van der Waals surface area contributed by atoms with E-state index >= 15 is 0 Å². The molecule has 3 rings (SSSR count). The van der Waals surface area contributed by atoms with Crippen molar-refractivity contribution in [2.24, 2.45) is 5.10 Å². The minimum Gasteiger partial charge on any atom is -0.497 e. The van der Waals surface area contributed by atoms with Crippen LogP contribution in [-0.2, 0) is 9.59 Å². The average Bonchev–Trinajstić information content (AvgIpc) is 2.82. The normalized spacial score (nSPS) is 10.5. The number of nitrogens with zero attached hydrogens (tertiary/aromatic N) is 1. The zero-order chi connectivity index (χ0) is 23.8. The molecule has 2 amide bonds. The summed E-state index contributed by atoms with van der Waals surface area (Å²) in [6.07, 6.45) is 1.26. The number of hydrogen-bond donors (Lipinski definition) is 2. The van der Waals surface area contributed by atoms with Gasteiger partial charge in [-0.2, -0.15) is 5.10 Å². The number of amides is 2. The summed E-state index contributed by atoms with van der Waals surface area (Å²) in [5.41, 5.74) is 3.26. The number of rotatable bonds is 6. The van der Waals surface area contributed by atoms with Crippen molar-refractivity contribution in [1.29, 1.82) is 0 Å². The topological polar surface area (TPSA) is 106 Å². The van der Waals surface area contributed by atoms with Crippen LogP contribution in [-0.4, -0.2) is 31.1 Å². The van der Waals surface area contributed by atoms with Gasteiger partial charge in [0.05, 0.1) is 18.9 Å². The monoisotopic (exact) mass is 529 g/mol. The van der Waals surface area contributed by atoms with E-state index in [1.54, 1.807) is 66.7 Å². The number of halogens is 2. The molecule has 3 aromatic rings. The minimum atomic E-state index is -0.979. The predicted molar refractivity (Wildman–Crippen MR) is 128 cm³/mol. The smallest absolute Gasteiger partial charge is 0.343 e. The van der Waals surface area contributed by atoms with Crippen LogP contribution in [0.5, 0.6) is 11.5 Å². The second-order valence-electron chi connectivity index (χ2n) is 6.46. The molecule has 0 fully saturated rings. The van der Waals surface area contributed by atoms with Crippen LogP contribution in [0.25, 0.3) is 0 Å². The number of carbonyl (C=O) groups excluding carboxylic acids is 3. The molecule has 2 N–H and O–H groups in total. The Labute approximate surface area is 202 Å². The van der Waals surface area contributed by atoms with Crippen LogP contribution >= 0.6 is 27.5 Å². The summed E-state index contributed by atoms with van der Waals surface area (Å²) in [7, 11) is 1.53. The van der Waals surface area contributed by atoms with Gasteiger partial charge in [-0.05, 0) is 66.7 Å². The number of carbonyl (C=O) groups is 3. The molecule has 0 atom stereocenters. The zero-order valence-electron chi connectivity index (χ0n) is 17.2. The number of esters is 1. The highest BCUT2D eigenvalue weighted by Crippen LogP contribution is 2.23. The molecule has 10 heteroatoms. The van der Waals surface area contributed by atoms with E-state index in [0.717, 1.165) is 0 Å². The number of nitrogens with one attached hydrogen (secondary N) is 2. The van der Waals surface area contributed by atoms with E-state index in [1.165, 1.54) is 13.3 Å². The first-order valence-corrected chi connectivity index (χ1v) is 10.6. The summed E-state index contributed by atoms with van der Waals surface area (Å²) in [5.74, 6) is -1.65. The third kappa shape index (κ3) is 6.90. The van der Waals surface area contributed by atoms with Crippen LogP contribution in [0, 0.1) is 0 Å². The van der Waals surface area contributed by atoms with Gasteiger partial charge in [-0.1, -0.05) is 27.5 Å². The SMILES string of the molecule is COc1ccc(C(=O)Oc2ccc(Br)cc2/C=N\NC(=O)C(=O)Nc2ccc(Cl)cc2)cc1. The Hall–Kier alpha value is -3.69. The molecule has 0 aliphatic carbocycles. The van der Waals surface area contributed by atoms with Crippen molar-refractivity contribution in [2.75, 3.05) is 12.4 Å². The summed E-state index contributed by atoms with van der Waals surface area (Å²) >= 11 is 9.12. The molecule has 0 saturated heterocycles. The Morgan fingerprint density at radius 3 is 2.33 bits per heavy atom. The molecule has 0 aliphatic heterocycles. The lowest BCUT2D eigenvalue weighted by Crippen LogP contribution is -2.32. The number of benzene rings is 3. The highest BCUT2D eigenvalue weighted by Gasteiger charge is 2.14. The maximum absolute atomic E-state index is 12.5. The fourth-order valence-corrected chi connectivity index (χ4v) is 3.04. The molecule has 0 bridgehead atoms. The van der Waals surface area contributed by atoms with Crippen molar-refractivity contribution in [3.8, 4) is 11.5 Å². The van der Waals surface area contributed by atoms with E-state index in [0.29, 0.717) is 32.1 Å². The van der Waals surface area contributed by atoms with Crippen LogP contribution in [0.1, 0.15) is 15.9 Å². The van der Waals surface area contributed by atoms with E-state index in [2.05, 4.69) is 31.8 Å². The third-order valence-electron chi connectivity index (χ3n) is 4.18. The van der Waals surface area contributed by atoms with Gasteiger partial charge in [0.2, 0.25) is 0 Å². The van der Waals surface area contributed by atoms with Crippen LogP contribution in [0.2, 0.25) is 5.02 Å². The van der Waals surface area contributed by atoms with Crippen LogP contribution < -0.4 is 20.2 Å². The summed E-state index contributed by atoms with van der Waals surface area (Å²) in [5, 5.41) is 6.71. The molecule has 8 nitrogen and oxygen atoms in total. The van der Waals surface area contributed by atoms with Crippen molar-refractivity contribution in [3.63, 3.8) is 0 Å². The maximum atomic E-state index is 12.5. The molecular formula is C23H17BrClN3O5. The van der Waals surface area contributed by atoms with Crippen LogP contribution in [0.4, 0.5) is 5.69 Å². The molecule has 0 radical (unpaired) electrons. The minimum absolute atomic E-state index is 0.211. The standard InChI is InChI=1S/C23H17BrClN3O5/c1-32-19-9-2-14(3-10-19)23(31)33-20-11-4-16(24)12-15(20)13-26-28-22(30)21(29)27-18-7-5-17(25)6-8-18/h2-13H,1H3,(H,27,29)(H,28,30)/b26-13-. The average molecular weight is 531 g/mol. The first-order valence-electron chi connectivity index (χ1n) is 9.41. The Morgan fingerprint density at radius 2 is 1.67 bits per heavy atom. The van der Waals surface area contributed by atoms with Gasteiger partial charge in [-0.15, -0.1) is 0 Å². The molecule has 33 heavy (non-hydrogen) atoms. The molecule has 0 aliphatic rings. The van der Waals surface area contributed by atoms with Crippen molar-refractivity contribution in [3.05, 3.63) is 87.4 Å². The molecule has 0 heterocycles. The van der Waals surface area contributed by atoms with Gasteiger partial charge in [-0.3, -0.25) is 9.59 Å². The largest absolute Gasteiger partial charge is 0.497 e. The van der Waals surface area contributed by atoms with Gasteiger partial charge in [0.15, 0.2) is 0 Å². The number of ether oxygens (including phenoxy) is 2. The fraction of sp³-hybridized carbons (Fsp3) is 0.0435. The second-order valence-corrected chi connectivity index (χ2v) is 7.81. The lowest BCUT2D eigenvalue weighted by Gasteiger charge is -2.08. The molecule has 3 aromatic carbocycles. The van der Waals surface area contributed by atoms with E-state index in [4.69, 9.17) is 21.1 Å². The molecule has 0 saturated carbocycles. The van der Waals surface area contributed by atoms with E-state index in [9.17, 15) is 14.4 Å². The molecule has 0 aromatic heterocycles. The number of hydrazone groups is 1. The first kappa shape index (κ1) is 24.0. The summed E-state index contributed by atoms with van der Waals surface area (Å²) in [6, 6.07) is 17.6. The van der Waals surface area contributed by atoms with E-state index in [-0.39, 0.29) is 5.75 Å². The van der Waals surface area contributed by atoms with Crippen molar-refractivity contribution in [1.82, 2.24) is 5.43 Å². The van der Waals surface area contributed by atoms with Gasteiger partial charge >= 0.3 is 17.8 Å². The lowest BCUT2D eigenvalue weighted by molar-refractivity contribution is -0.136. The van der Waals surface area contributed by atoms with Gasteiger partial charge < -0.3 is 14.8 Å². The van der Waals surface area contributed by atoms with E-state index in [1.807, 2.05) is 0 Å². The van der Waals surface area contributed by atoms with Crippen molar-refractivity contribution < 1.29 is 23.9 Å². The molecule has 168 valence electrons. The Balaban J connectivity index is 1.65. The van der Waals surface area contributed by atoms with Crippen molar-refractivity contribution in [2.45, 2.75) is 0 Å². The predicted octanol–water partition coefficient (Wildman–Crippen LogP) is 4.42. The number of methoxy groups -OCH3 is 1. The molecule has 0 spiro atoms. The highest BCUT2D eigenvalue weighted by atomic mass is 79.9.